The maximum absolute atomic E-state index is 12.9. The number of benzene rings is 2. The fourth-order valence-corrected chi connectivity index (χ4v) is 3.04. The standard InChI is InChI=1S/C19H22O4S/c1-5-13-9-10-15(19(2,3)4)12-17(13)18(20)14-7-6-8-16(11-14)24(21,22)23/h6-12H,5H2,1-4H3,(H,21,22,23). The zero-order valence-corrected chi connectivity index (χ0v) is 15.1. The molecule has 0 fully saturated rings. The molecule has 0 unspecified atom stereocenters. The topological polar surface area (TPSA) is 71.4 Å². The third kappa shape index (κ3) is 3.91. The van der Waals surface area contributed by atoms with Crippen molar-refractivity contribution in [3.8, 4) is 0 Å². The zero-order valence-electron chi connectivity index (χ0n) is 14.3. The highest BCUT2D eigenvalue weighted by Crippen LogP contribution is 2.26. The first-order valence-corrected chi connectivity index (χ1v) is 9.23. The molecule has 0 saturated heterocycles. The Morgan fingerprint density at radius 2 is 1.75 bits per heavy atom. The van der Waals surface area contributed by atoms with Crippen LogP contribution in [0.15, 0.2) is 47.4 Å². The second-order valence-electron chi connectivity index (χ2n) is 6.81. The average Bonchev–Trinajstić information content (AvgIpc) is 2.52. The van der Waals surface area contributed by atoms with Crippen molar-refractivity contribution >= 4 is 15.9 Å². The van der Waals surface area contributed by atoms with Crippen LogP contribution in [0, 0.1) is 0 Å². The smallest absolute Gasteiger partial charge is 0.289 e. The number of hydrogen-bond acceptors (Lipinski definition) is 3. The zero-order chi connectivity index (χ0) is 18.1. The molecule has 24 heavy (non-hydrogen) atoms. The van der Waals surface area contributed by atoms with Gasteiger partial charge in [-0.25, -0.2) is 0 Å². The molecule has 0 amide bonds. The Morgan fingerprint density at radius 3 is 2.29 bits per heavy atom. The van der Waals surface area contributed by atoms with E-state index in [9.17, 15) is 17.8 Å². The summed E-state index contributed by atoms with van der Waals surface area (Å²) in [6.45, 7) is 8.18. The van der Waals surface area contributed by atoms with Crippen LogP contribution in [0.5, 0.6) is 0 Å². The van der Waals surface area contributed by atoms with E-state index in [1.54, 1.807) is 6.07 Å². The van der Waals surface area contributed by atoms with Gasteiger partial charge < -0.3 is 0 Å². The number of carbonyl (C=O) groups excluding carboxylic acids is 1. The minimum absolute atomic E-state index is 0.0996. The number of rotatable bonds is 4. The summed E-state index contributed by atoms with van der Waals surface area (Å²) in [5.74, 6) is -0.247. The van der Waals surface area contributed by atoms with Crippen molar-refractivity contribution < 1.29 is 17.8 Å². The highest BCUT2D eigenvalue weighted by Gasteiger charge is 2.20. The Morgan fingerprint density at radius 1 is 1.08 bits per heavy atom. The second-order valence-corrected chi connectivity index (χ2v) is 8.23. The third-order valence-electron chi connectivity index (χ3n) is 4.00. The Hall–Kier alpha value is -1.98. The van der Waals surface area contributed by atoms with Crippen LogP contribution in [-0.4, -0.2) is 18.8 Å². The van der Waals surface area contributed by atoms with Crippen LogP contribution in [0.25, 0.3) is 0 Å². The summed E-state index contributed by atoms with van der Waals surface area (Å²) in [4.78, 5) is 12.6. The highest BCUT2D eigenvalue weighted by atomic mass is 32.2. The van der Waals surface area contributed by atoms with Gasteiger partial charge in [-0.3, -0.25) is 9.35 Å². The van der Waals surface area contributed by atoms with Crippen molar-refractivity contribution in [2.24, 2.45) is 0 Å². The summed E-state index contributed by atoms with van der Waals surface area (Å²) in [5.41, 5.74) is 2.65. The van der Waals surface area contributed by atoms with E-state index in [0.29, 0.717) is 12.0 Å². The minimum atomic E-state index is -4.34. The van der Waals surface area contributed by atoms with E-state index in [1.807, 2.05) is 25.1 Å². The molecule has 1 N–H and O–H groups in total. The Labute approximate surface area is 143 Å². The number of aryl methyl sites for hydroxylation is 1. The summed E-state index contributed by atoms with van der Waals surface area (Å²) in [7, 11) is -4.34. The van der Waals surface area contributed by atoms with Crippen molar-refractivity contribution in [3.63, 3.8) is 0 Å². The van der Waals surface area contributed by atoms with Gasteiger partial charge in [-0.1, -0.05) is 52.0 Å². The van der Waals surface area contributed by atoms with E-state index in [1.165, 1.54) is 18.2 Å². The lowest BCUT2D eigenvalue weighted by Crippen LogP contribution is -2.14. The highest BCUT2D eigenvalue weighted by molar-refractivity contribution is 7.85. The molecule has 0 saturated carbocycles. The van der Waals surface area contributed by atoms with Crippen molar-refractivity contribution in [1.82, 2.24) is 0 Å². The van der Waals surface area contributed by atoms with E-state index in [-0.39, 0.29) is 21.7 Å². The molecule has 0 radical (unpaired) electrons. The van der Waals surface area contributed by atoms with Gasteiger partial charge in [0.05, 0.1) is 4.90 Å². The van der Waals surface area contributed by atoms with Crippen molar-refractivity contribution in [2.75, 3.05) is 0 Å². The fourth-order valence-electron chi connectivity index (χ4n) is 2.52. The number of hydrogen-bond donors (Lipinski definition) is 1. The average molecular weight is 346 g/mol. The van der Waals surface area contributed by atoms with Crippen LogP contribution in [0.1, 0.15) is 54.7 Å². The molecule has 128 valence electrons. The summed E-state index contributed by atoms with van der Waals surface area (Å²) in [6, 6.07) is 11.3. The molecule has 2 rings (SSSR count). The molecule has 0 bridgehead atoms. The maximum atomic E-state index is 12.9. The first-order chi connectivity index (χ1) is 11.0. The molecule has 5 heteroatoms. The summed E-state index contributed by atoms with van der Waals surface area (Å²) in [6.07, 6.45) is 0.698. The maximum Gasteiger partial charge on any atom is 0.294 e. The molecular formula is C19H22O4S. The van der Waals surface area contributed by atoms with Gasteiger partial charge in [-0.15, -0.1) is 0 Å². The van der Waals surface area contributed by atoms with Gasteiger partial charge in [0, 0.05) is 11.1 Å². The van der Waals surface area contributed by atoms with Crippen LogP contribution in [0.3, 0.4) is 0 Å². The summed E-state index contributed by atoms with van der Waals surface area (Å²) < 4.78 is 31.8. The van der Waals surface area contributed by atoms with Crippen molar-refractivity contribution in [1.29, 1.82) is 0 Å². The SMILES string of the molecule is CCc1ccc(C(C)(C)C)cc1C(=O)c1cccc(S(=O)(=O)O)c1. The lowest BCUT2D eigenvalue weighted by Gasteiger charge is -2.21. The summed E-state index contributed by atoms with van der Waals surface area (Å²) >= 11 is 0. The van der Waals surface area contributed by atoms with Crippen LogP contribution in [-0.2, 0) is 22.0 Å². The van der Waals surface area contributed by atoms with Crippen LogP contribution >= 0.6 is 0 Å². The van der Waals surface area contributed by atoms with Gasteiger partial charge in [0.25, 0.3) is 10.1 Å². The molecule has 0 spiro atoms. The molecule has 0 atom stereocenters. The van der Waals surface area contributed by atoms with Crippen LogP contribution in [0.4, 0.5) is 0 Å². The van der Waals surface area contributed by atoms with E-state index in [2.05, 4.69) is 20.8 Å². The van der Waals surface area contributed by atoms with E-state index in [4.69, 9.17) is 0 Å². The third-order valence-corrected chi connectivity index (χ3v) is 4.85. The first-order valence-electron chi connectivity index (χ1n) is 7.79. The molecule has 0 heterocycles. The van der Waals surface area contributed by atoms with E-state index < -0.39 is 10.1 Å². The van der Waals surface area contributed by atoms with Gasteiger partial charge in [0.15, 0.2) is 5.78 Å². The molecule has 0 aliphatic heterocycles. The first kappa shape index (κ1) is 18.4. The lowest BCUT2D eigenvalue weighted by molar-refractivity contribution is 0.103. The predicted molar refractivity (Wildman–Crippen MR) is 94.2 cm³/mol. The molecule has 0 aliphatic carbocycles. The molecule has 4 nitrogen and oxygen atoms in total. The predicted octanol–water partition coefficient (Wildman–Crippen LogP) is 4.02. The fraction of sp³-hybridized carbons (Fsp3) is 0.316. The normalized spacial score (nSPS) is 12.2. The molecule has 0 aromatic heterocycles. The Balaban J connectivity index is 2.57. The quantitative estimate of drug-likeness (QED) is 0.670. The number of ketones is 1. The Bertz CT molecular complexity index is 874. The largest absolute Gasteiger partial charge is 0.294 e. The minimum Gasteiger partial charge on any atom is -0.289 e. The summed E-state index contributed by atoms with van der Waals surface area (Å²) in [5, 5.41) is 0. The molecule has 2 aromatic rings. The molecular weight excluding hydrogens is 324 g/mol. The second kappa shape index (κ2) is 6.49. The van der Waals surface area contributed by atoms with Gasteiger partial charge in [0.2, 0.25) is 0 Å². The van der Waals surface area contributed by atoms with Crippen LogP contribution < -0.4 is 0 Å². The van der Waals surface area contributed by atoms with Crippen molar-refractivity contribution in [3.05, 3.63) is 64.7 Å². The van der Waals surface area contributed by atoms with Gasteiger partial charge in [0.1, 0.15) is 0 Å². The van der Waals surface area contributed by atoms with Gasteiger partial charge >= 0.3 is 0 Å². The monoisotopic (exact) mass is 346 g/mol. The van der Waals surface area contributed by atoms with Crippen LogP contribution in [0.2, 0.25) is 0 Å². The van der Waals surface area contributed by atoms with E-state index >= 15 is 0 Å². The van der Waals surface area contributed by atoms with Crippen molar-refractivity contribution in [2.45, 2.75) is 44.4 Å². The lowest BCUT2D eigenvalue weighted by atomic mass is 9.83. The van der Waals surface area contributed by atoms with Gasteiger partial charge in [-0.05, 0) is 41.2 Å². The Kier molecular flexibility index (Phi) is 4.97. The number of carbonyl (C=O) groups is 1. The molecule has 0 aliphatic rings. The molecule has 2 aromatic carbocycles. The van der Waals surface area contributed by atoms with Gasteiger partial charge in [-0.2, -0.15) is 8.42 Å². The van der Waals surface area contributed by atoms with E-state index in [0.717, 1.165) is 11.1 Å².